The first kappa shape index (κ1) is 16.6. The Morgan fingerprint density at radius 3 is 2.88 bits per heavy atom. The molecule has 5 heteroatoms. The van der Waals surface area contributed by atoms with Gasteiger partial charge in [0, 0.05) is 26.2 Å². The molecule has 0 bridgehead atoms. The van der Waals surface area contributed by atoms with Crippen LogP contribution in [-0.2, 0) is 11.3 Å². The number of furan rings is 1. The number of hydrogen-bond donors (Lipinski definition) is 0. The third-order valence-electron chi connectivity index (χ3n) is 4.43. The van der Waals surface area contributed by atoms with Gasteiger partial charge in [0.25, 0.3) is 5.91 Å². The van der Waals surface area contributed by atoms with E-state index in [1.807, 2.05) is 30.3 Å². The second kappa shape index (κ2) is 7.53. The van der Waals surface area contributed by atoms with Gasteiger partial charge in [-0.1, -0.05) is 18.2 Å². The van der Waals surface area contributed by atoms with Crippen LogP contribution in [0.25, 0.3) is 0 Å². The number of likely N-dealkylation sites (tertiary alicyclic amines) is 1. The standard InChI is InChI=1S/C19H24N2O3/c1-20(2)19(22)14-24-17-9-4-3-7-15(17)13-21-11-5-8-16(21)18-10-6-12-23-18/h3-4,6-7,9-10,12,16H,5,8,11,13-14H2,1-2H3/t16-/m1/s1. The summed E-state index contributed by atoms with van der Waals surface area (Å²) in [5.74, 6) is 1.76. The summed E-state index contributed by atoms with van der Waals surface area (Å²) in [7, 11) is 3.46. The first-order chi connectivity index (χ1) is 11.6. The Morgan fingerprint density at radius 2 is 2.12 bits per heavy atom. The van der Waals surface area contributed by atoms with Gasteiger partial charge in [0.15, 0.2) is 6.61 Å². The van der Waals surface area contributed by atoms with Gasteiger partial charge in [0.2, 0.25) is 0 Å². The molecule has 0 saturated carbocycles. The van der Waals surface area contributed by atoms with Gasteiger partial charge in [-0.3, -0.25) is 9.69 Å². The maximum Gasteiger partial charge on any atom is 0.259 e. The van der Waals surface area contributed by atoms with Gasteiger partial charge >= 0.3 is 0 Å². The molecule has 2 aromatic rings. The summed E-state index contributed by atoms with van der Waals surface area (Å²) < 4.78 is 11.4. The molecule has 1 aromatic carbocycles. The van der Waals surface area contributed by atoms with Crippen LogP contribution in [0.15, 0.2) is 47.1 Å². The summed E-state index contributed by atoms with van der Waals surface area (Å²) in [6.45, 7) is 1.89. The number of hydrogen-bond acceptors (Lipinski definition) is 4. The third-order valence-corrected chi connectivity index (χ3v) is 4.43. The predicted molar refractivity (Wildman–Crippen MR) is 91.7 cm³/mol. The SMILES string of the molecule is CN(C)C(=O)COc1ccccc1CN1CCC[C@@H]1c1ccco1. The number of carbonyl (C=O) groups excluding carboxylic acids is 1. The van der Waals surface area contributed by atoms with Crippen molar-refractivity contribution in [3.05, 3.63) is 54.0 Å². The van der Waals surface area contributed by atoms with Crippen molar-refractivity contribution in [2.24, 2.45) is 0 Å². The molecule has 5 nitrogen and oxygen atoms in total. The fourth-order valence-electron chi connectivity index (χ4n) is 3.08. The Morgan fingerprint density at radius 1 is 1.29 bits per heavy atom. The normalized spacial score (nSPS) is 17.8. The van der Waals surface area contributed by atoms with Crippen molar-refractivity contribution in [2.45, 2.75) is 25.4 Å². The average Bonchev–Trinajstić information content (AvgIpc) is 3.24. The van der Waals surface area contributed by atoms with Crippen LogP contribution in [0.1, 0.15) is 30.2 Å². The molecule has 24 heavy (non-hydrogen) atoms. The van der Waals surface area contributed by atoms with E-state index in [1.54, 1.807) is 20.4 Å². The average molecular weight is 328 g/mol. The van der Waals surface area contributed by atoms with Crippen molar-refractivity contribution < 1.29 is 13.9 Å². The van der Waals surface area contributed by atoms with E-state index in [0.717, 1.165) is 43.0 Å². The Bertz CT molecular complexity index is 667. The van der Waals surface area contributed by atoms with Gasteiger partial charge in [0.1, 0.15) is 11.5 Å². The van der Waals surface area contributed by atoms with Crippen molar-refractivity contribution in [3.63, 3.8) is 0 Å². The summed E-state index contributed by atoms with van der Waals surface area (Å²) in [6.07, 6.45) is 4.00. The molecule has 1 aromatic heterocycles. The lowest BCUT2D eigenvalue weighted by molar-refractivity contribution is -0.130. The van der Waals surface area contributed by atoms with Crippen LogP contribution in [0.2, 0.25) is 0 Å². The Hall–Kier alpha value is -2.27. The minimum Gasteiger partial charge on any atom is -0.483 e. The minimum absolute atomic E-state index is 0.0422. The lowest BCUT2D eigenvalue weighted by Gasteiger charge is -2.24. The molecule has 0 aliphatic carbocycles. The summed E-state index contributed by atoms with van der Waals surface area (Å²) in [4.78, 5) is 15.7. The van der Waals surface area contributed by atoms with E-state index in [-0.39, 0.29) is 12.5 Å². The van der Waals surface area contributed by atoms with Crippen molar-refractivity contribution in [3.8, 4) is 5.75 Å². The molecule has 0 spiro atoms. The van der Waals surface area contributed by atoms with Crippen LogP contribution in [0.3, 0.4) is 0 Å². The Labute approximate surface area is 142 Å². The molecule has 0 radical (unpaired) electrons. The molecule has 1 aliphatic heterocycles. The fraction of sp³-hybridized carbons (Fsp3) is 0.421. The second-order valence-corrected chi connectivity index (χ2v) is 6.33. The van der Waals surface area contributed by atoms with Crippen LogP contribution in [0.5, 0.6) is 5.75 Å². The van der Waals surface area contributed by atoms with Crippen molar-refractivity contribution >= 4 is 5.91 Å². The number of carbonyl (C=O) groups is 1. The zero-order chi connectivity index (χ0) is 16.9. The monoisotopic (exact) mass is 328 g/mol. The van der Waals surface area contributed by atoms with Crippen molar-refractivity contribution in [1.29, 1.82) is 0 Å². The summed E-state index contributed by atoms with van der Waals surface area (Å²) in [6, 6.07) is 12.2. The summed E-state index contributed by atoms with van der Waals surface area (Å²) >= 11 is 0. The van der Waals surface area contributed by atoms with Gasteiger partial charge in [-0.15, -0.1) is 0 Å². The quantitative estimate of drug-likeness (QED) is 0.817. The summed E-state index contributed by atoms with van der Waals surface area (Å²) in [5, 5.41) is 0. The third kappa shape index (κ3) is 3.79. The van der Waals surface area contributed by atoms with Crippen LogP contribution in [0, 0.1) is 0 Å². The number of amides is 1. The second-order valence-electron chi connectivity index (χ2n) is 6.33. The van der Waals surface area contributed by atoms with Gasteiger partial charge in [-0.25, -0.2) is 0 Å². The zero-order valence-electron chi connectivity index (χ0n) is 14.3. The van der Waals surface area contributed by atoms with Crippen LogP contribution < -0.4 is 4.74 Å². The van der Waals surface area contributed by atoms with E-state index < -0.39 is 0 Å². The summed E-state index contributed by atoms with van der Waals surface area (Å²) in [5.41, 5.74) is 1.10. The van der Waals surface area contributed by atoms with E-state index in [1.165, 1.54) is 4.90 Å². The van der Waals surface area contributed by atoms with Crippen molar-refractivity contribution in [2.75, 3.05) is 27.2 Å². The molecule has 1 saturated heterocycles. The Balaban J connectivity index is 1.69. The first-order valence-electron chi connectivity index (χ1n) is 8.33. The molecule has 2 heterocycles. The first-order valence-corrected chi connectivity index (χ1v) is 8.33. The highest BCUT2D eigenvalue weighted by molar-refractivity contribution is 5.77. The molecule has 3 rings (SSSR count). The highest BCUT2D eigenvalue weighted by atomic mass is 16.5. The van der Waals surface area contributed by atoms with Gasteiger partial charge in [0.05, 0.1) is 12.3 Å². The van der Waals surface area contributed by atoms with Gasteiger partial charge in [-0.2, -0.15) is 0 Å². The molecule has 0 N–H and O–H groups in total. The van der Waals surface area contributed by atoms with E-state index in [0.29, 0.717) is 6.04 Å². The largest absolute Gasteiger partial charge is 0.483 e. The van der Waals surface area contributed by atoms with E-state index >= 15 is 0 Å². The van der Waals surface area contributed by atoms with E-state index in [4.69, 9.17) is 9.15 Å². The number of ether oxygens (including phenoxy) is 1. The lowest BCUT2D eigenvalue weighted by Crippen LogP contribution is -2.28. The number of para-hydroxylation sites is 1. The number of benzene rings is 1. The number of rotatable bonds is 6. The Kier molecular flexibility index (Phi) is 5.20. The lowest BCUT2D eigenvalue weighted by atomic mass is 10.1. The van der Waals surface area contributed by atoms with Crippen LogP contribution in [0.4, 0.5) is 0 Å². The zero-order valence-corrected chi connectivity index (χ0v) is 14.3. The van der Waals surface area contributed by atoms with Crippen LogP contribution >= 0.6 is 0 Å². The van der Waals surface area contributed by atoms with Gasteiger partial charge in [-0.05, 0) is 37.6 Å². The predicted octanol–water partition coefficient (Wildman–Crippen LogP) is 3.08. The topological polar surface area (TPSA) is 45.9 Å². The molecule has 1 atom stereocenters. The maximum atomic E-state index is 11.8. The maximum absolute atomic E-state index is 11.8. The highest BCUT2D eigenvalue weighted by Crippen LogP contribution is 2.34. The number of likely N-dealkylation sites (N-methyl/N-ethyl adjacent to an activating group) is 1. The van der Waals surface area contributed by atoms with Gasteiger partial charge < -0.3 is 14.1 Å². The minimum atomic E-state index is -0.0422. The molecule has 1 aliphatic rings. The smallest absolute Gasteiger partial charge is 0.259 e. The molecule has 1 fully saturated rings. The number of nitrogens with zero attached hydrogens (tertiary/aromatic N) is 2. The molecule has 128 valence electrons. The van der Waals surface area contributed by atoms with Crippen LogP contribution in [-0.4, -0.2) is 43.0 Å². The molecule has 0 unspecified atom stereocenters. The highest BCUT2D eigenvalue weighted by Gasteiger charge is 2.28. The van der Waals surface area contributed by atoms with Crippen molar-refractivity contribution in [1.82, 2.24) is 9.80 Å². The molecule has 1 amide bonds. The van der Waals surface area contributed by atoms with E-state index in [2.05, 4.69) is 11.0 Å². The molecular formula is C19H24N2O3. The molecular weight excluding hydrogens is 304 g/mol. The fourth-order valence-corrected chi connectivity index (χ4v) is 3.08. The van der Waals surface area contributed by atoms with E-state index in [9.17, 15) is 4.79 Å².